The third-order valence-electron chi connectivity index (χ3n) is 5.98. The van der Waals surface area contributed by atoms with Gasteiger partial charge in [0.1, 0.15) is 5.54 Å². The zero-order chi connectivity index (χ0) is 22.5. The maximum absolute atomic E-state index is 12.7. The highest BCUT2D eigenvalue weighted by atomic mass is 32.2. The van der Waals surface area contributed by atoms with Crippen molar-refractivity contribution in [2.75, 3.05) is 33.4 Å². The van der Waals surface area contributed by atoms with Gasteiger partial charge in [-0.2, -0.15) is 4.31 Å². The number of rotatable bonds is 6. The number of morpholine rings is 1. The number of amides is 1. The number of carbonyl (C=O) groups excluding carboxylic acids is 2. The molecule has 0 unspecified atom stereocenters. The van der Waals surface area contributed by atoms with E-state index in [1.807, 2.05) is 0 Å². The fourth-order valence-electron chi connectivity index (χ4n) is 3.97. The van der Waals surface area contributed by atoms with Gasteiger partial charge in [-0.15, -0.1) is 0 Å². The van der Waals surface area contributed by atoms with Crippen molar-refractivity contribution in [3.8, 4) is 0 Å². The molecule has 1 saturated heterocycles. The van der Waals surface area contributed by atoms with E-state index < -0.39 is 21.5 Å². The maximum atomic E-state index is 12.7. The zero-order valence-corrected chi connectivity index (χ0v) is 18.8. The largest absolute Gasteiger partial charge is 0.467 e. The normalized spacial score (nSPS) is 25.3. The quantitative estimate of drug-likeness (QED) is 0.525. The van der Waals surface area contributed by atoms with E-state index in [2.05, 4.69) is 12.2 Å². The van der Waals surface area contributed by atoms with Gasteiger partial charge in [-0.05, 0) is 55.4 Å². The van der Waals surface area contributed by atoms with Crippen LogP contribution in [-0.4, -0.2) is 63.6 Å². The minimum Gasteiger partial charge on any atom is -0.467 e. The van der Waals surface area contributed by atoms with Gasteiger partial charge in [0.25, 0.3) is 0 Å². The van der Waals surface area contributed by atoms with Crippen LogP contribution in [0.25, 0.3) is 6.08 Å². The summed E-state index contributed by atoms with van der Waals surface area (Å²) in [6.45, 7) is 3.59. The molecule has 1 aromatic rings. The molecule has 1 aliphatic carbocycles. The lowest BCUT2D eigenvalue weighted by atomic mass is 9.77. The number of sulfonamides is 1. The lowest BCUT2D eigenvalue weighted by molar-refractivity contribution is -0.152. The molecule has 1 aliphatic heterocycles. The molecule has 0 atom stereocenters. The lowest BCUT2D eigenvalue weighted by Crippen LogP contribution is -2.56. The molecule has 2 fully saturated rings. The summed E-state index contributed by atoms with van der Waals surface area (Å²) in [5, 5.41) is 2.84. The molecular weight excluding hydrogens is 420 g/mol. The minimum atomic E-state index is -3.56. The first kappa shape index (κ1) is 23.4. The molecule has 1 amide bonds. The number of hydrogen-bond donors (Lipinski definition) is 1. The highest BCUT2D eigenvalue weighted by molar-refractivity contribution is 7.89. The first-order chi connectivity index (χ1) is 14.8. The van der Waals surface area contributed by atoms with Gasteiger partial charge in [-0.3, -0.25) is 4.79 Å². The smallest absolute Gasteiger partial charge is 0.331 e. The van der Waals surface area contributed by atoms with Crippen LogP contribution >= 0.6 is 0 Å². The summed E-state index contributed by atoms with van der Waals surface area (Å²) in [5.41, 5.74) is -0.306. The van der Waals surface area contributed by atoms with Crippen molar-refractivity contribution in [1.82, 2.24) is 9.62 Å². The highest BCUT2D eigenvalue weighted by Gasteiger charge is 2.43. The average molecular weight is 451 g/mol. The van der Waals surface area contributed by atoms with Crippen molar-refractivity contribution >= 4 is 28.0 Å². The van der Waals surface area contributed by atoms with Gasteiger partial charge < -0.3 is 14.8 Å². The zero-order valence-electron chi connectivity index (χ0n) is 18.0. The Bertz CT molecular complexity index is 912. The molecule has 0 spiro atoms. The van der Waals surface area contributed by atoms with E-state index in [0.29, 0.717) is 50.6 Å². The van der Waals surface area contributed by atoms with Crippen LogP contribution in [0.2, 0.25) is 0 Å². The van der Waals surface area contributed by atoms with E-state index in [1.165, 1.54) is 29.6 Å². The third kappa shape index (κ3) is 5.53. The number of carbonyl (C=O) groups is 2. The molecule has 1 saturated carbocycles. The number of esters is 1. The van der Waals surface area contributed by atoms with Gasteiger partial charge >= 0.3 is 5.97 Å². The van der Waals surface area contributed by atoms with Crippen LogP contribution in [0.1, 0.15) is 38.2 Å². The number of methoxy groups -OCH3 is 1. The summed E-state index contributed by atoms with van der Waals surface area (Å²) in [6.07, 6.45) is 5.74. The topological polar surface area (TPSA) is 102 Å². The summed E-state index contributed by atoms with van der Waals surface area (Å²) in [5.74, 6) is -0.290. The third-order valence-corrected chi connectivity index (χ3v) is 7.89. The Morgan fingerprint density at radius 1 is 1.16 bits per heavy atom. The van der Waals surface area contributed by atoms with Gasteiger partial charge in [0.2, 0.25) is 15.9 Å². The molecule has 1 aromatic carbocycles. The monoisotopic (exact) mass is 450 g/mol. The first-order valence-electron chi connectivity index (χ1n) is 10.5. The Hall–Kier alpha value is -2.23. The number of nitrogens with zero attached hydrogens (tertiary/aromatic N) is 1. The highest BCUT2D eigenvalue weighted by Crippen LogP contribution is 2.33. The van der Waals surface area contributed by atoms with Gasteiger partial charge in [-0.25, -0.2) is 13.2 Å². The van der Waals surface area contributed by atoms with Crippen molar-refractivity contribution in [3.05, 3.63) is 35.9 Å². The van der Waals surface area contributed by atoms with E-state index in [-0.39, 0.29) is 10.8 Å². The van der Waals surface area contributed by atoms with E-state index in [0.717, 1.165) is 12.8 Å². The number of nitrogens with one attached hydrogen (secondary N) is 1. The molecule has 3 rings (SSSR count). The second-order valence-electron chi connectivity index (χ2n) is 8.16. The van der Waals surface area contributed by atoms with E-state index in [9.17, 15) is 18.0 Å². The number of ether oxygens (including phenoxy) is 2. The second-order valence-corrected chi connectivity index (χ2v) is 10.1. The van der Waals surface area contributed by atoms with Crippen LogP contribution in [0.4, 0.5) is 0 Å². The summed E-state index contributed by atoms with van der Waals surface area (Å²) >= 11 is 0. The van der Waals surface area contributed by atoms with Gasteiger partial charge in [0, 0.05) is 19.2 Å². The van der Waals surface area contributed by atoms with Crippen molar-refractivity contribution < 1.29 is 27.5 Å². The van der Waals surface area contributed by atoms with Crippen LogP contribution in [0.3, 0.4) is 0 Å². The van der Waals surface area contributed by atoms with Crippen LogP contribution < -0.4 is 5.32 Å². The van der Waals surface area contributed by atoms with Crippen molar-refractivity contribution in [2.45, 2.75) is 43.0 Å². The first-order valence-corrected chi connectivity index (χ1v) is 12.0. The number of hydrogen-bond acceptors (Lipinski definition) is 6. The van der Waals surface area contributed by atoms with Crippen LogP contribution in [0.15, 0.2) is 35.2 Å². The summed E-state index contributed by atoms with van der Waals surface area (Å²) in [7, 11) is -2.23. The van der Waals surface area contributed by atoms with Crippen molar-refractivity contribution in [3.63, 3.8) is 0 Å². The average Bonchev–Trinajstić information content (AvgIpc) is 2.79. The summed E-state index contributed by atoms with van der Waals surface area (Å²) in [4.78, 5) is 25.0. The fraction of sp³-hybridized carbons (Fsp3) is 0.545. The molecule has 31 heavy (non-hydrogen) atoms. The predicted octanol–water partition coefficient (Wildman–Crippen LogP) is 1.96. The molecule has 8 nitrogen and oxygen atoms in total. The predicted molar refractivity (Wildman–Crippen MR) is 116 cm³/mol. The molecular formula is C22H30N2O6S. The lowest BCUT2D eigenvalue weighted by Gasteiger charge is -2.37. The molecule has 9 heteroatoms. The Morgan fingerprint density at radius 3 is 2.35 bits per heavy atom. The molecule has 1 N–H and O–H groups in total. The van der Waals surface area contributed by atoms with Gasteiger partial charge in [0.15, 0.2) is 0 Å². The Morgan fingerprint density at radius 2 is 1.77 bits per heavy atom. The SMILES string of the molecule is COC(=O)C1(NC(=O)/C=C/c2ccc(S(=O)(=O)N3CCOCC3)cc2)CCC(C)CC1. The minimum absolute atomic E-state index is 0.206. The van der Waals surface area contributed by atoms with Gasteiger partial charge in [0.05, 0.1) is 25.2 Å². The summed E-state index contributed by atoms with van der Waals surface area (Å²) in [6, 6.07) is 6.35. The Labute approximate surface area is 183 Å². The molecule has 2 aliphatic rings. The van der Waals surface area contributed by atoms with E-state index in [1.54, 1.807) is 18.2 Å². The molecule has 170 valence electrons. The Kier molecular flexibility index (Phi) is 7.51. The molecule has 1 heterocycles. The van der Waals surface area contributed by atoms with Crippen LogP contribution in [-0.2, 0) is 29.1 Å². The van der Waals surface area contributed by atoms with Crippen molar-refractivity contribution in [1.29, 1.82) is 0 Å². The van der Waals surface area contributed by atoms with Crippen molar-refractivity contribution in [2.24, 2.45) is 5.92 Å². The molecule has 0 bridgehead atoms. The maximum Gasteiger partial charge on any atom is 0.331 e. The van der Waals surface area contributed by atoms with E-state index in [4.69, 9.17) is 9.47 Å². The van der Waals surface area contributed by atoms with Gasteiger partial charge in [-0.1, -0.05) is 19.1 Å². The fourth-order valence-corrected chi connectivity index (χ4v) is 5.37. The molecule has 0 radical (unpaired) electrons. The Balaban J connectivity index is 1.65. The number of benzene rings is 1. The second kappa shape index (κ2) is 9.93. The summed E-state index contributed by atoms with van der Waals surface area (Å²) < 4.78 is 36.9. The standard InChI is InChI=1S/C22H30N2O6S/c1-17-9-11-22(12-10-17,21(26)29-2)23-20(25)8-5-18-3-6-19(7-4-18)31(27,28)24-13-15-30-16-14-24/h3-8,17H,9-16H2,1-2H3,(H,23,25)/b8-5+. The molecule has 0 aromatic heterocycles. The van der Waals surface area contributed by atoms with Crippen LogP contribution in [0.5, 0.6) is 0 Å². The van der Waals surface area contributed by atoms with E-state index >= 15 is 0 Å². The van der Waals surface area contributed by atoms with Crippen LogP contribution in [0, 0.1) is 5.92 Å².